The van der Waals surface area contributed by atoms with Crippen LogP contribution in [-0.4, -0.2) is 26.8 Å². The van der Waals surface area contributed by atoms with E-state index in [9.17, 15) is 14.7 Å². The molecule has 3 heterocycles. The van der Waals surface area contributed by atoms with Crippen LogP contribution >= 0.6 is 11.8 Å². The molecule has 0 spiro atoms. The van der Waals surface area contributed by atoms with Gasteiger partial charge in [-0.05, 0) is 42.1 Å². The Morgan fingerprint density at radius 3 is 2.50 bits per heavy atom. The molecule has 2 aromatic carbocycles. The van der Waals surface area contributed by atoms with Crippen LogP contribution < -0.4 is 15.9 Å². The molecule has 0 unspecified atom stereocenters. The van der Waals surface area contributed by atoms with Crippen molar-refractivity contribution in [3.05, 3.63) is 87.8 Å². The van der Waals surface area contributed by atoms with Crippen LogP contribution in [0.3, 0.4) is 0 Å². The number of aromatic nitrogens is 3. The second-order valence-electron chi connectivity index (χ2n) is 6.76. The van der Waals surface area contributed by atoms with Gasteiger partial charge in [0.2, 0.25) is 0 Å². The van der Waals surface area contributed by atoms with Crippen LogP contribution in [0.25, 0.3) is 27.6 Å². The van der Waals surface area contributed by atoms with Crippen molar-refractivity contribution < 1.29 is 14.3 Å². The Balaban J connectivity index is 1.90. The van der Waals surface area contributed by atoms with Gasteiger partial charge in [0.15, 0.2) is 16.5 Å². The molecule has 1 N–H and O–H groups in total. The van der Waals surface area contributed by atoms with Gasteiger partial charge < -0.3 is 14.3 Å². The predicted molar refractivity (Wildman–Crippen MR) is 120 cm³/mol. The van der Waals surface area contributed by atoms with Crippen LogP contribution in [0.4, 0.5) is 0 Å². The first-order valence-corrected chi connectivity index (χ1v) is 10.3. The van der Waals surface area contributed by atoms with Gasteiger partial charge in [0.05, 0.1) is 12.6 Å². The van der Waals surface area contributed by atoms with E-state index in [4.69, 9.17) is 9.15 Å². The fourth-order valence-electron chi connectivity index (χ4n) is 3.49. The number of fused-ring (bicyclic) bond motifs is 3. The number of hydrogen-bond donors (Lipinski definition) is 1. The summed E-state index contributed by atoms with van der Waals surface area (Å²) in [6.45, 7) is 0. The molecule has 9 heteroatoms. The molecule has 5 rings (SSSR count). The van der Waals surface area contributed by atoms with Gasteiger partial charge in [0.1, 0.15) is 16.0 Å². The van der Waals surface area contributed by atoms with Crippen molar-refractivity contribution in [3.63, 3.8) is 0 Å². The van der Waals surface area contributed by atoms with E-state index in [2.05, 4.69) is 9.97 Å². The first-order valence-electron chi connectivity index (χ1n) is 9.51. The highest BCUT2D eigenvalue weighted by Crippen LogP contribution is 2.37. The number of ether oxygens (including phenoxy) is 1. The molecule has 158 valence electrons. The number of aromatic hydroxyl groups is 1. The summed E-state index contributed by atoms with van der Waals surface area (Å²) in [5.74, 6) is 0.0574. The van der Waals surface area contributed by atoms with Crippen LogP contribution in [0.5, 0.6) is 11.5 Å². The number of benzene rings is 2. The summed E-state index contributed by atoms with van der Waals surface area (Å²) in [7, 11) is 1.52. The highest BCUT2D eigenvalue weighted by molar-refractivity contribution is 7.99. The quantitative estimate of drug-likeness (QED) is 0.329. The maximum atomic E-state index is 13.6. The van der Waals surface area contributed by atoms with Crippen molar-refractivity contribution >= 4 is 33.6 Å². The van der Waals surface area contributed by atoms with Gasteiger partial charge in [-0.15, -0.1) is 0 Å². The van der Waals surface area contributed by atoms with Crippen LogP contribution in [0.1, 0.15) is 0 Å². The third kappa shape index (κ3) is 3.19. The minimum atomic E-state index is -0.790. The second kappa shape index (κ2) is 7.86. The maximum absolute atomic E-state index is 13.6. The molecular formula is C23H15N3O5S. The lowest BCUT2D eigenvalue weighted by molar-refractivity contribution is 0.415. The summed E-state index contributed by atoms with van der Waals surface area (Å²) in [4.78, 5) is 34.3. The van der Waals surface area contributed by atoms with Crippen molar-refractivity contribution in [1.29, 1.82) is 0 Å². The number of nitrogens with zero attached hydrogens (tertiary/aromatic N) is 3. The fraction of sp³-hybridized carbons (Fsp3) is 0.0435. The molecule has 0 atom stereocenters. The Bertz CT molecular complexity index is 1580. The first kappa shape index (κ1) is 19.8. The first-order chi connectivity index (χ1) is 15.6. The molecule has 0 fully saturated rings. The van der Waals surface area contributed by atoms with Crippen molar-refractivity contribution in [2.24, 2.45) is 0 Å². The van der Waals surface area contributed by atoms with Gasteiger partial charge in [-0.3, -0.25) is 9.36 Å². The lowest BCUT2D eigenvalue weighted by Gasteiger charge is -2.14. The number of rotatable bonds is 4. The van der Waals surface area contributed by atoms with Crippen molar-refractivity contribution in [2.45, 2.75) is 10.1 Å². The van der Waals surface area contributed by atoms with Gasteiger partial charge in [-0.25, -0.2) is 14.8 Å². The van der Waals surface area contributed by atoms with E-state index in [-0.39, 0.29) is 21.0 Å². The minimum absolute atomic E-state index is 0.000615. The second-order valence-corrected chi connectivity index (χ2v) is 7.74. The molecular weight excluding hydrogens is 430 g/mol. The average molecular weight is 445 g/mol. The molecule has 8 nitrogen and oxygen atoms in total. The van der Waals surface area contributed by atoms with Crippen LogP contribution in [0.15, 0.2) is 91.0 Å². The molecule has 32 heavy (non-hydrogen) atoms. The molecule has 0 bridgehead atoms. The Morgan fingerprint density at radius 1 is 1.03 bits per heavy atom. The Labute approximate surface area is 184 Å². The summed E-state index contributed by atoms with van der Waals surface area (Å²) >= 11 is 0.831. The lowest BCUT2D eigenvalue weighted by Crippen LogP contribution is -2.20. The van der Waals surface area contributed by atoms with Gasteiger partial charge in [0.25, 0.3) is 5.56 Å². The van der Waals surface area contributed by atoms with Crippen molar-refractivity contribution in [1.82, 2.24) is 14.5 Å². The SMILES string of the molecule is COc1ccc2c3oc(=O)c(Sc4ncccn4)c(O)c3c(=O)n(-c3ccccc3)c2c1. The van der Waals surface area contributed by atoms with Crippen LogP contribution in [-0.2, 0) is 0 Å². The third-order valence-corrected chi connectivity index (χ3v) is 5.87. The average Bonchev–Trinajstić information content (AvgIpc) is 2.82. The fourth-order valence-corrected chi connectivity index (χ4v) is 4.22. The zero-order valence-electron chi connectivity index (χ0n) is 16.7. The molecule has 0 aliphatic carbocycles. The highest BCUT2D eigenvalue weighted by atomic mass is 32.2. The topological polar surface area (TPSA) is 107 Å². The van der Waals surface area contributed by atoms with Crippen molar-refractivity contribution in [2.75, 3.05) is 7.11 Å². The normalized spacial score (nSPS) is 11.2. The van der Waals surface area contributed by atoms with Gasteiger partial charge in [-0.1, -0.05) is 18.2 Å². The lowest BCUT2D eigenvalue weighted by atomic mass is 10.1. The van der Waals surface area contributed by atoms with Gasteiger partial charge >= 0.3 is 5.63 Å². The smallest absolute Gasteiger partial charge is 0.354 e. The van der Waals surface area contributed by atoms with Crippen LogP contribution in [0.2, 0.25) is 0 Å². The van der Waals surface area contributed by atoms with E-state index in [1.807, 2.05) is 6.07 Å². The zero-order chi connectivity index (χ0) is 22.2. The molecule has 0 aliphatic heterocycles. The Hall–Kier alpha value is -4.11. The number of hydrogen-bond acceptors (Lipinski definition) is 8. The number of methoxy groups -OCH3 is 1. The molecule has 0 saturated heterocycles. The zero-order valence-corrected chi connectivity index (χ0v) is 17.5. The van der Waals surface area contributed by atoms with E-state index < -0.39 is 16.9 Å². The van der Waals surface area contributed by atoms with Crippen molar-refractivity contribution in [3.8, 4) is 17.2 Å². The molecule has 0 aliphatic rings. The predicted octanol–water partition coefficient (Wildman–Crippen LogP) is 3.75. The summed E-state index contributed by atoms with van der Waals surface area (Å²) in [5.41, 5.74) is -0.266. The van der Waals surface area contributed by atoms with E-state index in [0.717, 1.165) is 11.8 Å². The molecule has 3 aromatic heterocycles. The largest absolute Gasteiger partial charge is 0.505 e. The van der Waals surface area contributed by atoms with Gasteiger partial charge in [0, 0.05) is 29.5 Å². The van der Waals surface area contributed by atoms with E-state index in [1.165, 1.54) is 24.1 Å². The number of para-hydroxylation sites is 1. The molecule has 0 amide bonds. The highest BCUT2D eigenvalue weighted by Gasteiger charge is 2.23. The molecule has 0 radical (unpaired) electrons. The van der Waals surface area contributed by atoms with E-state index >= 15 is 0 Å². The van der Waals surface area contributed by atoms with E-state index in [0.29, 0.717) is 22.3 Å². The summed E-state index contributed by atoms with van der Waals surface area (Å²) in [6, 6.07) is 15.7. The third-order valence-electron chi connectivity index (χ3n) is 4.92. The molecule has 0 saturated carbocycles. The Kier molecular flexibility index (Phi) is 4.87. The maximum Gasteiger partial charge on any atom is 0.354 e. The molecule has 5 aromatic rings. The Morgan fingerprint density at radius 2 is 1.78 bits per heavy atom. The van der Waals surface area contributed by atoms with Crippen LogP contribution in [0, 0.1) is 0 Å². The monoisotopic (exact) mass is 445 g/mol. The minimum Gasteiger partial charge on any atom is -0.505 e. The summed E-state index contributed by atoms with van der Waals surface area (Å²) in [6.07, 6.45) is 3.02. The standard InChI is InChI=1S/C23H15N3O5S/c1-30-14-8-9-15-16(12-14)26(13-6-3-2-4-7-13)21(28)17-18(27)20(22(29)31-19(15)17)32-23-24-10-5-11-25-23/h2-12,27H,1H3. The summed E-state index contributed by atoms with van der Waals surface area (Å²) < 4.78 is 12.3. The van der Waals surface area contributed by atoms with E-state index in [1.54, 1.807) is 48.5 Å². The summed E-state index contributed by atoms with van der Waals surface area (Å²) in [5, 5.41) is 11.6. The van der Waals surface area contributed by atoms with Gasteiger partial charge in [-0.2, -0.15) is 0 Å². The number of pyridine rings is 1.